The summed E-state index contributed by atoms with van der Waals surface area (Å²) in [5, 5.41) is 0. The summed E-state index contributed by atoms with van der Waals surface area (Å²) in [7, 11) is 0. The van der Waals surface area contributed by atoms with Gasteiger partial charge < -0.3 is 19.3 Å². The fourth-order valence-electron chi connectivity index (χ4n) is 5.67. The second-order valence-corrected chi connectivity index (χ2v) is 14.3. The molecule has 0 radical (unpaired) electrons. The van der Waals surface area contributed by atoms with Crippen LogP contribution in [0, 0.1) is 0 Å². The average Bonchev–Trinajstić information content (AvgIpc) is 3.47. The van der Waals surface area contributed by atoms with Crippen molar-refractivity contribution in [3.05, 3.63) is 59.2 Å². The predicted molar refractivity (Wildman–Crippen MR) is 188 cm³/mol. The van der Waals surface area contributed by atoms with Crippen molar-refractivity contribution in [2.24, 2.45) is 4.99 Å². The third-order valence-corrected chi connectivity index (χ3v) is 7.77. The molecule has 0 unspecified atom stereocenters. The molecular weight excluding hydrogens is 608 g/mol. The Bertz CT molecular complexity index is 1540. The maximum atomic E-state index is 14.1. The molecule has 1 fully saturated rings. The van der Waals surface area contributed by atoms with Gasteiger partial charge in [0, 0.05) is 49.3 Å². The zero-order chi connectivity index (χ0) is 35.2. The van der Waals surface area contributed by atoms with Gasteiger partial charge in [-0.15, -0.1) is 0 Å². The molecule has 0 saturated carbocycles. The number of amides is 4. The summed E-state index contributed by atoms with van der Waals surface area (Å²) in [5.74, 6) is -0.123. The molecule has 10 heteroatoms. The molecule has 4 rings (SSSR count). The van der Waals surface area contributed by atoms with Crippen molar-refractivity contribution in [1.82, 2.24) is 14.7 Å². The van der Waals surface area contributed by atoms with Crippen molar-refractivity contribution in [2.45, 2.75) is 98.7 Å². The van der Waals surface area contributed by atoms with Crippen LogP contribution in [0.4, 0.5) is 15.3 Å². The second-order valence-electron chi connectivity index (χ2n) is 14.3. The summed E-state index contributed by atoms with van der Waals surface area (Å²) in [5.41, 5.74) is 2.12. The van der Waals surface area contributed by atoms with Crippen LogP contribution in [0.2, 0.25) is 0 Å². The molecule has 0 aliphatic carbocycles. The Morgan fingerprint density at radius 3 is 1.85 bits per heavy atom. The van der Waals surface area contributed by atoms with E-state index >= 15 is 0 Å². The average molecular weight is 659 g/mol. The van der Waals surface area contributed by atoms with Crippen LogP contribution < -0.4 is 0 Å². The van der Waals surface area contributed by atoms with E-state index in [1.54, 1.807) is 58.6 Å². The van der Waals surface area contributed by atoms with Gasteiger partial charge in [-0.05, 0) is 109 Å². The molecule has 0 bridgehead atoms. The van der Waals surface area contributed by atoms with Gasteiger partial charge in [0.25, 0.3) is 5.91 Å². The number of hydrogen-bond acceptors (Lipinski definition) is 7. The number of amidine groups is 1. The number of aliphatic imine (C=N–C) groups is 1. The van der Waals surface area contributed by atoms with Crippen molar-refractivity contribution in [3.8, 4) is 11.1 Å². The maximum Gasteiger partial charge on any atom is 0.425 e. The minimum absolute atomic E-state index is 0.0299. The van der Waals surface area contributed by atoms with E-state index in [4.69, 9.17) is 14.5 Å². The lowest BCUT2D eigenvalue weighted by Crippen LogP contribution is -2.47. The minimum atomic E-state index is -0.940. The molecule has 2 aromatic carbocycles. The second kappa shape index (κ2) is 15.2. The summed E-state index contributed by atoms with van der Waals surface area (Å²) in [4.78, 5) is 63.5. The molecule has 48 heavy (non-hydrogen) atoms. The van der Waals surface area contributed by atoms with Gasteiger partial charge in [0.2, 0.25) is 5.91 Å². The van der Waals surface area contributed by atoms with Gasteiger partial charge in [0.1, 0.15) is 17.0 Å². The Morgan fingerprint density at radius 2 is 1.33 bits per heavy atom. The Kier molecular flexibility index (Phi) is 11.5. The van der Waals surface area contributed by atoms with E-state index < -0.39 is 23.4 Å². The van der Waals surface area contributed by atoms with Crippen LogP contribution in [0.25, 0.3) is 17.2 Å². The van der Waals surface area contributed by atoms with Crippen molar-refractivity contribution in [3.63, 3.8) is 0 Å². The zero-order valence-electron chi connectivity index (χ0n) is 29.7. The van der Waals surface area contributed by atoms with Crippen LogP contribution in [-0.2, 0) is 14.3 Å². The standard InChI is InChI=1S/C38H50N4O6/c1-9-19-40(20-10-2)34(44)30-24-29-23-28(26-13-15-27(16-14-26)33(43)41-21-11-12-22-41)17-18-31(29)39-32(25-30)42(35(45)47-37(3,4)5)36(46)48-38(6,7)8/h13-18,23-24H,9-12,19-22,25H2,1-8H3. The first-order valence-corrected chi connectivity index (χ1v) is 17.0. The molecule has 2 aliphatic heterocycles. The SMILES string of the molecule is CCCN(CCC)C(=O)C1=Cc2cc(-c3ccc(C(=O)N4CCCC4)cc3)ccc2N=C(N(C(=O)OC(C)(C)C)C(=O)OC(C)(C)C)C1. The molecule has 0 spiro atoms. The van der Waals surface area contributed by atoms with Gasteiger partial charge in [-0.25, -0.2) is 14.6 Å². The highest BCUT2D eigenvalue weighted by atomic mass is 16.6. The largest absolute Gasteiger partial charge is 0.443 e. The number of benzene rings is 2. The Morgan fingerprint density at radius 1 is 0.792 bits per heavy atom. The van der Waals surface area contributed by atoms with Gasteiger partial charge >= 0.3 is 12.2 Å². The number of carbonyl (C=O) groups excluding carboxylic acids is 4. The molecule has 2 aromatic rings. The topological polar surface area (TPSA) is 109 Å². The van der Waals surface area contributed by atoms with Crippen molar-refractivity contribution >= 4 is 41.6 Å². The molecule has 0 N–H and O–H groups in total. The Hall–Kier alpha value is -4.47. The highest BCUT2D eigenvalue weighted by Gasteiger charge is 2.37. The minimum Gasteiger partial charge on any atom is -0.443 e. The summed E-state index contributed by atoms with van der Waals surface area (Å²) in [6, 6.07) is 13.2. The number of carbonyl (C=O) groups is 4. The van der Waals surface area contributed by atoms with E-state index in [0.717, 1.165) is 54.8 Å². The van der Waals surface area contributed by atoms with E-state index in [0.29, 0.717) is 35.5 Å². The third-order valence-electron chi connectivity index (χ3n) is 7.77. The van der Waals surface area contributed by atoms with Crippen LogP contribution in [0.1, 0.15) is 103 Å². The quantitative estimate of drug-likeness (QED) is 0.297. The fraction of sp³-hybridized carbons (Fsp3) is 0.500. The normalized spacial score (nSPS) is 14.7. The summed E-state index contributed by atoms with van der Waals surface area (Å²) in [6.07, 6.45) is 3.43. The Labute approximate surface area is 284 Å². The Balaban J connectivity index is 1.80. The fourth-order valence-corrected chi connectivity index (χ4v) is 5.67. The molecule has 0 atom stereocenters. The van der Waals surface area contributed by atoms with E-state index in [9.17, 15) is 19.2 Å². The van der Waals surface area contributed by atoms with E-state index in [1.807, 2.05) is 55.1 Å². The molecule has 2 aliphatic rings. The lowest BCUT2D eigenvalue weighted by Gasteiger charge is -2.29. The molecule has 10 nitrogen and oxygen atoms in total. The smallest absolute Gasteiger partial charge is 0.425 e. The molecule has 258 valence electrons. The van der Waals surface area contributed by atoms with Crippen molar-refractivity contribution in [2.75, 3.05) is 26.2 Å². The van der Waals surface area contributed by atoms with Gasteiger partial charge in [0.05, 0.1) is 5.69 Å². The van der Waals surface area contributed by atoms with Crippen LogP contribution >= 0.6 is 0 Å². The van der Waals surface area contributed by atoms with Crippen molar-refractivity contribution < 1.29 is 28.7 Å². The highest BCUT2D eigenvalue weighted by molar-refractivity contribution is 6.14. The number of likely N-dealkylation sites (tertiary alicyclic amines) is 1. The molecular formula is C38H50N4O6. The number of ether oxygens (including phenoxy) is 2. The van der Waals surface area contributed by atoms with Crippen LogP contribution in [0.3, 0.4) is 0 Å². The zero-order valence-corrected chi connectivity index (χ0v) is 29.7. The number of imide groups is 1. The lowest BCUT2D eigenvalue weighted by atomic mass is 9.99. The predicted octanol–water partition coefficient (Wildman–Crippen LogP) is 8.23. The molecule has 0 aromatic heterocycles. The molecule has 2 heterocycles. The first-order valence-electron chi connectivity index (χ1n) is 17.0. The molecule has 4 amide bonds. The lowest BCUT2D eigenvalue weighted by molar-refractivity contribution is -0.127. The number of rotatable bonds is 7. The number of hydrogen-bond donors (Lipinski definition) is 0. The van der Waals surface area contributed by atoms with Crippen LogP contribution in [0.15, 0.2) is 53.0 Å². The maximum absolute atomic E-state index is 14.1. The molecule has 1 saturated heterocycles. The first kappa shape index (κ1) is 36.4. The van der Waals surface area contributed by atoms with E-state index in [-0.39, 0.29) is 24.1 Å². The van der Waals surface area contributed by atoms with Crippen LogP contribution in [0.5, 0.6) is 0 Å². The monoisotopic (exact) mass is 658 g/mol. The van der Waals surface area contributed by atoms with E-state index in [1.165, 1.54) is 0 Å². The van der Waals surface area contributed by atoms with Gasteiger partial charge in [-0.3, -0.25) is 9.59 Å². The number of fused-ring (bicyclic) bond motifs is 1. The van der Waals surface area contributed by atoms with Gasteiger partial charge in [-0.2, -0.15) is 4.90 Å². The summed E-state index contributed by atoms with van der Waals surface area (Å²) >= 11 is 0. The van der Waals surface area contributed by atoms with E-state index in [2.05, 4.69) is 0 Å². The number of nitrogens with zero attached hydrogens (tertiary/aromatic N) is 4. The third kappa shape index (κ3) is 9.33. The summed E-state index contributed by atoms with van der Waals surface area (Å²) in [6.45, 7) is 17.0. The van der Waals surface area contributed by atoms with Crippen LogP contribution in [-0.4, -0.2) is 81.9 Å². The van der Waals surface area contributed by atoms with Gasteiger partial charge in [0.15, 0.2) is 0 Å². The summed E-state index contributed by atoms with van der Waals surface area (Å²) < 4.78 is 11.3. The highest BCUT2D eigenvalue weighted by Crippen LogP contribution is 2.34. The van der Waals surface area contributed by atoms with Crippen molar-refractivity contribution in [1.29, 1.82) is 0 Å². The first-order chi connectivity index (χ1) is 22.6. The van der Waals surface area contributed by atoms with Gasteiger partial charge in [-0.1, -0.05) is 32.0 Å².